The Balaban J connectivity index is 1.40. The van der Waals surface area contributed by atoms with Gasteiger partial charge in [0.2, 0.25) is 0 Å². The highest BCUT2D eigenvalue weighted by Crippen LogP contribution is 2.19. The van der Waals surface area contributed by atoms with Crippen LogP contribution in [0, 0.1) is 0 Å². The van der Waals surface area contributed by atoms with E-state index in [0.29, 0.717) is 30.3 Å². The van der Waals surface area contributed by atoms with Crippen LogP contribution < -0.4 is 10.1 Å². The zero-order valence-corrected chi connectivity index (χ0v) is 17.5. The van der Waals surface area contributed by atoms with Gasteiger partial charge in [-0.2, -0.15) is 5.10 Å². The molecule has 1 aliphatic rings. The first-order chi connectivity index (χ1) is 14.2. The van der Waals surface area contributed by atoms with Crippen LogP contribution in [0.5, 0.6) is 5.75 Å². The zero-order chi connectivity index (χ0) is 20.1. The number of amides is 1. The molecule has 0 bridgehead atoms. The number of carbonyl (C=O) groups excluding carboxylic acids is 1. The first-order valence-electron chi connectivity index (χ1n) is 9.59. The topological polar surface area (TPSA) is 65.4 Å². The van der Waals surface area contributed by atoms with Gasteiger partial charge in [0.05, 0.1) is 18.8 Å². The average molecular weight is 456 g/mol. The fourth-order valence-corrected chi connectivity index (χ4v) is 3.47. The van der Waals surface area contributed by atoms with E-state index in [1.807, 2.05) is 36.4 Å². The number of carbonyl (C=O) groups is 1. The van der Waals surface area contributed by atoms with Crippen molar-refractivity contribution in [1.29, 1.82) is 0 Å². The Kier molecular flexibility index (Phi) is 6.27. The van der Waals surface area contributed by atoms with Crippen molar-refractivity contribution in [3.63, 3.8) is 0 Å². The van der Waals surface area contributed by atoms with Crippen molar-refractivity contribution in [1.82, 2.24) is 9.78 Å². The number of nitrogens with zero attached hydrogens (tertiary/aromatic N) is 2. The third-order valence-electron chi connectivity index (χ3n) is 4.76. The number of nitrogens with one attached hydrogen (secondary N) is 1. The largest absolute Gasteiger partial charge is 0.491 e. The van der Waals surface area contributed by atoms with Crippen LogP contribution in [-0.2, 0) is 11.3 Å². The van der Waals surface area contributed by atoms with E-state index < -0.39 is 0 Å². The quantitative estimate of drug-likeness (QED) is 0.569. The summed E-state index contributed by atoms with van der Waals surface area (Å²) in [5.41, 5.74) is 1.63. The molecule has 1 N–H and O–H groups in total. The summed E-state index contributed by atoms with van der Waals surface area (Å²) in [6, 6.07) is 17.0. The van der Waals surface area contributed by atoms with Gasteiger partial charge < -0.3 is 14.8 Å². The lowest BCUT2D eigenvalue weighted by Gasteiger charge is -2.13. The second-order valence-electron chi connectivity index (χ2n) is 6.93. The molecule has 1 atom stereocenters. The fourth-order valence-electron chi connectivity index (χ4n) is 3.21. The molecule has 0 unspecified atom stereocenters. The number of hydrogen-bond acceptors (Lipinski definition) is 4. The van der Waals surface area contributed by atoms with Crippen LogP contribution in [0.1, 0.15) is 28.8 Å². The molecule has 29 heavy (non-hydrogen) atoms. The van der Waals surface area contributed by atoms with E-state index in [2.05, 4.69) is 26.3 Å². The van der Waals surface area contributed by atoms with Crippen molar-refractivity contribution in [3.05, 3.63) is 76.4 Å². The third-order valence-corrected chi connectivity index (χ3v) is 5.29. The molecule has 150 valence electrons. The molecule has 2 aromatic carbocycles. The van der Waals surface area contributed by atoms with Crippen molar-refractivity contribution in [3.8, 4) is 5.75 Å². The van der Waals surface area contributed by atoms with Crippen molar-refractivity contribution in [2.75, 3.05) is 18.5 Å². The SMILES string of the molecule is O=C(Nc1ccnn1Cc1ccc(Br)cc1)c1cccc(OC[C@@H]2CCCO2)c1. The highest BCUT2D eigenvalue weighted by Gasteiger charge is 2.16. The number of aromatic nitrogens is 2. The normalized spacial score (nSPS) is 16.0. The number of benzene rings is 2. The highest BCUT2D eigenvalue weighted by molar-refractivity contribution is 9.10. The maximum atomic E-state index is 12.7. The van der Waals surface area contributed by atoms with Gasteiger partial charge in [-0.3, -0.25) is 4.79 Å². The van der Waals surface area contributed by atoms with E-state index in [0.717, 1.165) is 29.5 Å². The summed E-state index contributed by atoms with van der Waals surface area (Å²) >= 11 is 3.44. The minimum absolute atomic E-state index is 0.139. The van der Waals surface area contributed by atoms with Crippen LogP contribution in [-0.4, -0.2) is 35.0 Å². The molecule has 7 heteroatoms. The van der Waals surface area contributed by atoms with Gasteiger partial charge in [0.15, 0.2) is 0 Å². The summed E-state index contributed by atoms with van der Waals surface area (Å²) < 4.78 is 14.2. The fraction of sp³-hybridized carbons (Fsp3) is 0.273. The lowest BCUT2D eigenvalue weighted by molar-refractivity contribution is 0.0679. The van der Waals surface area contributed by atoms with Gasteiger partial charge in [-0.05, 0) is 48.7 Å². The van der Waals surface area contributed by atoms with E-state index in [1.165, 1.54) is 0 Å². The second-order valence-corrected chi connectivity index (χ2v) is 7.84. The molecule has 1 aliphatic heterocycles. The summed E-state index contributed by atoms with van der Waals surface area (Å²) in [7, 11) is 0. The zero-order valence-electron chi connectivity index (χ0n) is 15.9. The predicted octanol–water partition coefficient (Wildman–Crippen LogP) is 4.50. The van der Waals surface area contributed by atoms with Gasteiger partial charge in [0.1, 0.15) is 18.2 Å². The Bertz CT molecular complexity index is 965. The maximum absolute atomic E-state index is 12.7. The summed E-state index contributed by atoms with van der Waals surface area (Å²) in [4.78, 5) is 12.7. The summed E-state index contributed by atoms with van der Waals surface area (Å²) in [6.07, 6.45) is 3.91. The number of halogens is 1. The van der Waals surface area contributed by atoms with Crippen LogP contribution >= 0.6 is 15.9 Å². The number of rotatable bonds is 7. The van der Waals surface area contributed by atoms with Crippen LogP contribution in [0.25, 0.3) is 0 Å². The Morgan fingerprint density at radius 2 is 2.10 bits per heavy atom. The smallest absolute Gasteiger partial charge is 0.256 e. The van der Waals surface area contributed by atoms with Gasteiger partial charge in [-0.25, -0.2) is 4.68 Å². The van der Waals surface area contributed by atoms with Crippen molar-refractivity contribution in [2.24, 2.45) is 0 Å². The highest BCUT2D eigenvalue weighted by atomic mass is 79.9. The van der Waals surface area contributed by atoms with Crippen molar-refractivity contribution >= 4 is 27.7 Å². The maximum Gasteiger partial charge on any atom is 0.256 e. The van der Waals surface area contributed by atoms with Crippen LogP contribution in [0.15, 0.2) is 65.3 Å². The standard InChI is InChI=1S/C22H22BrN3O3/c23-18-8-6-16(7-9-18)14-26-21(10-11-24-26)25-22(27)17-3-1-4-19(13-17)29-15-20-5-2-12-28-20/h1,3-4,6-11,13,20H,2,5,12,14-15H2,(H,25,27)/t20-/m0/s1. The molecule has 6 nitrogen and oxygen atoms in total. The van der Waals surface area contributed by atoms with Gasteiger partial charge in [-0.1, -0.05) is 34.1 Å². The van der Waals surface area contributed by atoms with Gasteiger partial charge in [0, 0.05) is 22.7 Å². The second kappa shape index (κ2) is 9.24. The van der Waals surface area contributed by atoms with Crippen molar-refractivity contribution in [2.45, 2.75) is 25.5 Å². The summed E-state index contributed by atoms with van der Waals surface area (Å²) in [5.74, 6) is 1.10. The summed E-state index contributed by atoms with van der Waals surface area (Å²) in [6.45, 7) is 1.87. The Hall–Kier alpha value is -2.64. The molecule has 1 amide bonds. The molecule has 3 aromatic rings. The molecule has 0 aliphatic carbocycles. The molecule has 1 saturated heterocycles. The minimum Gasteiger partial charge on any atom is -0.491 e. The molecule has 0 saturated carbocycles. The number of hydrogen-bond donors (Lipinski definition) is 1. The van der Waals surface area contributed by atoms with Crippen LogP contribution in [0.3, 0.4) is 0 Å². The van der Waals surface area contributed by atoms with Gasteiger partial charge in [0.25, 0.3) is 5.91 Å². The lowest BCUT2D eigenvalue weighted by atomic mass is 10.2. The molecular formula is C22H22BrN3O3. The Morgan fingerprint density at radius 3 is 2.90 bits per heavy atom. The first-order valence-corrected chi connectivity index (χ1v) is 10.4. The number of anilines is 1. The lowest BCUT2D eigenvalue weighted by Crippen LogP contribution is -2.18. The van der Waals surface area contributed by atoms with E-state index in [4.69, 9.17) is 9.47 Å². The monoisotopic (exact) mass is 455 g/mol. The van der Waals surface area contributed by atoms with Crippen molar-refractivity contribution < 1.29 is 14.3 Å². The van der Waals surface area contributed by atoms with E-state index in [1.54, 1.807) is 29.1 Å². The molecule has 4 rings (SSSR count). The molecule has 0 spiro atoms. The van der Waals surface area contributed by atoms with Crippen LogP contribution in [0.4, 0.5) is 5.82 Å². The van der Waals surface area contributed by atoms with E-state index >= 15 is 0 Å². The summed E-state index contributed by atoms with van der Waals surface area (Å²) in [5, 5.41) is 7.26. The number of ether oxygens (including phenoxy) is 2. The molecule has 1 fully saturated rings. The minimum atomic E-state index is -0.204. The van der Waals surface area contributed by atoms with E-state index in [9.17, 15) is 4.79 Å². The third kappa shape index (κ3) is 5.25. The molecule has 0 radical (unpaired) electrons. The Morgan fingerprint density at radius 1 is 1.24 bits per heavy atom. The Labute approximate surface area is 178 Å². The average Bonchev–Trinajstić information content (AvgIpc) is 3.41. The molecular weight excluding hydrogens is 434 g/mol. The molecule has 2 heterocycles. The van der Waals surface area contributed by atoms with Gasteiger partial charge >= 0.3 is 0 Å². The van der Waals surface area contributed by atoms with Gasteiger partial charge in [-0.15, -0.1) is 0 Å². The first kappa shape index (κ1) is 19.7. The predicted molar refractivity (Wildman–Crippen MR) is 114 cm³/mol. The molecule has 1 aromatic heterocycles. The van der Waals surface area contributed by atoms with E-state index in [-0.39, 0.29) is 12.0 Å². The van der Waals surface area contributed by atoms with Crippen LogP contribution in [0.2, 0.25) is 0 Å².